The number of sulfone groups is 1. The lowest BCUT2D eigenvalue weighted by Gasteiger charge is -2.20. The Balaban J connectivity index is 2.04. The minimum atomic E-state index is -3.71. The molecule has 0 amide bonds. The Morgan fingerprint density at radius 1 is 0.846 bits per heavy atom. The van der Waals surface area contributed by atoms with Gasteiger partial charge >= 0.3 is 5.97 Å². The minimum Gasteiger partial charge on any atom is -0.465 e. The molecule has 6 heteroatoms. The largest absolute Gasteiger partial charge is 0.465 e. The van der Waals surface area contributed by atoms with Gasteiger partial charge in [0.05, 0.1) is 12.7 Å². The normalized spacial score (nSPS) is 17.0. The summed E-state index contributed by atoms with van der Waals surface area (Å²) in [5.41, 5.74) is 0.228. The van der Waals surface area contributed by atoms with E-state index in [1.807, 2.05) is 42.5 Å². The van der Waals surface area contributed by atoms with Crippen LogP contribution in [0, 0.1) is 0 Å². The van der Waals surface area contributed by atoms with E-state index in [-0.39, 0.29) is 10.5 Å². The molecule has 0 aliphatic carbocycles. The summed E-state index contributed by atoms with van der Waals surface area (Å²) in [5, 5.41) is 0. The van der Waals surface area contributed by atoms with Crippen molar-refractivity contribution >= 4 is 26.7 Å². The topological polar surface area (TPSA) is 60.4 Å². The van der Waals surface area contributed by atoms with Crippen LogP contribution in [-0.4, -0.2) is 21.5 Å². The molecule has 0 saturated heterocycles. The van der Waals surface area contributed by atoms with Gasteiger partial charge in [-0.05, 0) is 42.5 Å². The molecule has 1 unspecified atom stereocenters. The van der Waals surface area contributed by atoms with Crippen molar-refractivity contribution in [3.8, 4) is 0 Å². The predicted octanol–water partition coefficient (Wildman–Crippen LogP) is 3.71. The van der Waals surface area contributed by atoms with Crippen molar-refractivity contribution in [3.05, 3.63) is 78.4 Å². The molecule has 1 atom stereocenters. The van der Waals surface area contributed by atoms with Crippen LogP contribution < -0.4 is 0 Å². The summed E-state index contributed by atoms with van der Waals surface area (Å²) in [6.45, 7) is 0. The summed E-state index contributed by atoms with van der Waals surface area (Å²) in [6, 6.07) is 21.6. The Hall–Kier alpha value is -2.57. The number of hydrogen-bond donors (Lipinski definition) is 0. The molecule has 0 radical (unpaired) electrons. The van der Waals surface area contributed by atoms with E-state index in [1.54, 1.807) is 24.3 Å². The number of methoxy groups -OCH3 is 1. The van der Waals surface area contributed by atoms with Gasteiger partial charge in [-0.25, -0.2) is 13.2 Å². The van der Waals surface area contributed by atoms with E-state index >= 15 is 0 Å². The number of rotatable bonds is 2. The molecule has 3 aromatic rings. The van der Waals surface area contributed by atoms with Crippen LogP contribution in [0.25, 0.3) is 0 Å². The first-order valence-corrected chi connectivity index (χ1v) is 10.6. The number of fused-ring (bicyclic) bond motifs is 2. The SMILES string of the molecule is COC(=O)c1ccc2c(c1)S(=O)(=O)c1ccccc1[S+]2c1ccccc1. The van der Waals surface area contributed by atoms with Crippen molar-refractivity contribution < 1.29 is 17.9 Å². The summed E-state index contributed by atoms with van der Waals surface area (Å²) >= 11 is 0. The van der Waals surface area contributed by atoms with Gasteiger partial charge in [-0.3, -0.25) is 0 Å². The Morgan fingerprint density at radius 3 is 2.23 bits per heavy atom. The first kappa shape index (κ1) is 16.9. The molecule has 0 spiro atoms. The van der Waals surface area contributed by atoms with E-state index in [4.69, 9.17) is 4.74 Å². The van der Waals surface area contributed by atoms with Gasteiger partial charge in [0.25, 0.3) is 0 Å². The number of ether oxygens (including phenoxy) is 1. The monoisotopic (exact) mass is 383 g/mol. The summed E-state index contributed by atoms with van der Waals surface area (Å²) in [6.07, 6.45) is 0. The molecule has 1 aliphatic rings. The number of carbonyl (C=O) groups is 1. The Morgan fingerprint density at radius 2 is 1.50 bits per heavy atom. The predicted molar refractivity (Wildman–Crippen MR) is 98.3 cm³/mol. The molecule has 0 aromatic heterocycles. The van der Waals surface area contributed by atoms with Crippen LogP contribution in [0.1, 0.15) is 10.4 Å². The van der Waals surface area contributed by atoms with Crippen LogP contribution in [0.2, 0.25) is 0 Å². The van der Waals surface area contributed by atoms with Gasteiger partial charge in [0.15, 0.2) is 14.7 Å². The molecule has 130 valence electrons. The number of esters is 1. The van der Waals surface area contributed by atoms with Crippen molar-refractivity contribution in [1.29, 1.82) is 0 Å². The van der Waals surface area contributed by atoms with E-state index in [9.17, 15) is 13.2 Å². The number of benzene rings is 3. The van der Waals surface area contributed by atoms with Gasteiger partial charge in [0.2, 0.25) is 9.84 Å². The Kier molecular flexibility index (Phi) is 4.09. The molecule has 0 bridgehead atoms. The van der Waals surface area contributed by atoms with Crippen molar-refractivity contribution in [1.82, 2.24) is 0 Å². The zero-order valence-electron chi connectivity index (χ0n) is 13.9. The Bertz CT molecular complexity index is 1110. The van der Waals surface area contributed by atoms with E-state index in [0.29, 0.717) is 9.79 Å². The third-order valence-electron chi connectivity index (χ3n) is 4.21. The van der Waals surface area contributed by atoms with Crippen molar-refractivity contribution in [3.63, 3.8) is 0 Å². The average molecular weight is 383 g/mol. The van der Waals surface area contributed by atoms with Crippen LogP contribution in [-0.2, 0) is 25.5 Å². The van der Waals surface area contributed by atoms with Crippen LogP contribution in [0.4, 0.5) is 0 Å². The van der Waals surface area contributed by atoms with Gasteiger partial charge in [-0.1, -0.05) is 30.3 Å². The second-order valence-electron chi connectivity index (χ2n) is 5.72. The molecule has 4 rings (SSSR count). The Labute approximate surface area is 154 Å². The van der Waals surface area contributed by atoms with Gasteiger partial charge in [-0.15, -0.1) is 0 Å². The third-order valence-corrected chi connectivity index (χ3v) is 8.66. The van der Waals surface area contributed by atoms with Gasteiger partial charge in [-0.2, -0.15) is 0 Å². The highest BCUT2D eigenvalue weighted by atomic mass is 32.2. The smallest absolute Gasteiger partial charge is 0.337 e. The number of hydrogen-bond acceptors (Lipinski definition) is 4. The molecule has 1 heterocycles. The maximum Gasteiger partial charge on any atom is 0.337 e. The van der Waals surface area contributed by atoms with E-state index in [1.165, 1.54) is 13.2 Å². The number of carbonyl (C=O) groups excluding carboxylic acids is 1. The second-order valence-corrected chi connectivity index (χ2v) is 9.57. The third kappa shape index (κ3) is 2.53. The summed E-state index contributed by atoms with van der Waals surface area (Å²) in [5.74, 6) is -0.554. The fraction of sp³-hybridized carbons (Fsp3) is 0.0500. The first-order valence-electron chi connectivity index (χ1n) is 7.90. The summed E-state index contributed by atoms with van der Waals surface area (Å²) in [4.78, 5) is 14.9. The van der Waals surface area contributed by atoms with E-state index in [2.05, 4.69) is 0 Å². The lowest BCUT2D eigenvalue weighted by atomic mass is 10.2. The molecular formula is C20H15O4S2+. The molecule has 1 aliphatic heterocycles. The summed E-state index contributed by atoms with van der Waals surface area (Å²) in [7, 11) is -2.99. The van der Waals surface area contributed by atoms with Crippen molar-refractivity contribution in [2.45, 2.75) is 24.5 Å². The quantitative estimate of drug-likeness (QED) is 0.391. The lowest BCUT2D eigenvalue weighted by Crippen LogP contribution is -2.21. The lowest BCUT2D eigenvalue weighted by molar-refractivity contribution is 0.0600. The molecule has 0 fully saturated rings. The molecule has 0 saturated carbocycles. The second kappa shape index (κ2) is 6.30. The highest BCUT2D eigenvalue weighted by Crippen LogP contribution is 2.44. The van der Waals surface area contributed by atoms with Gasteiger partial charge in [0, 0.05) is 0 Å². The molecule has 0 N–H and O–H groups in total. The zero-order valence-corrected chi connectivity index (χ0v) is 15.5. The minimum absolute atomic E-state index is 0.172. The molecular weight excluding hydrogens is 368 g/mol. The van der Waals surface area contributed by atoms with Crippen LogP contribution >= 0.6 is 0 Å². The highest BCUT2D eigenvalue weighted by molar-refractivity contribution is 8.00. The molecule has 26 heavy (non-hydrogen) atoms. The van der Waals surface area contributed by atoms with Crippen molar-refractivity contribution in [2.75, 3.05) is 7.11 Å². The van der Waals surface area contributed by atoms with E-state index < -0.39 is 26.7 Å². The highest BCUT2D eigenvalue weighted by Gasteiger charge is 2.45. The maximum absolute atomic E-state index is 13.2. The fourth-order valence-corrected chi connectivity index (χ4v) is 7.74. The van der Waals surface area contributed by atoms with Crippen LogP contribution in [0.3, 0.4) is 0 Å². The average Bonchev–Trinajstić information content (AvgIpc) is 2.68. The van der Waals surface area contributed by atoms with Gasteiger partial charge < -0.3 is 4.74 Å². The standard InChI is InChI=1S/C20H15O4S2/c1-24-20(21)14-11-12-17-19(13-14)26(22,23)18-10-6-5-9-16(18)25(17)15-7-3-2-4-8-15/h2-13H,1H3/q+1. The first-order chi connectivity index (χ1) is 12.5. The maximum atomic E-state index is 13.2. The van der Waals surface area contributed by atoms with Crippen LogP contribution in [0.5, 0.6) is 0 Å². The van der Waals surface area contributed by atoms with E-state index in [0.717, 1.165) is 9.79 Å². The van der Waals surface area contributed by atoms with Gasteiger partial charge in [0.1, 0.15) is 20.7 Å². The summed E-state index contributed by atoms with van der Waals surface area (Å²) < 4.78 is 31.1. The van der Waals surface area contributed by atoms with Crippen molar-refractivity contribution in [2.24, 2.45) is 0 Å². The zero-order chi connectivity index (χ0) is 18.3. The fourth-order valence-electron chi connectivity index (χ4n) is 3.02. The molecule has 3 aromatic carbocycles. The van der Waals surface area contributed by atoms with Crippen LogP contribution in [0.15, 0.2) is 97.3 Å². The molecule has 4 nitrogen and oxygen atoms in total.